The number of nitrogens with zero attached hydrogens (tertiary/aromatic N) is 1. The summed E-state index contributed by atoms with van der Waals surface area (Å²) in [5.74, 6) is -4.69. The molecule has 0 unspecified atom stereocenters. The van der Waals surface area contributed by atoms with Crippen LogP contribution in [0.5, 0.6) is 5.75 Å². The Hall–Kier alpha value is -3.35. The number of sulfone groups is 1. The lowest BCUT2D eigenvalue weighted by molar-refractivity contribution is -0.385. The SMILES string of the molecule is COc1c(Cl)ccc(Cl)c1C(=O)O.CS(=O)(=O)c1ccc(C(=O)C2C(=O)CCCC2=O)c([N+](=O)[O-])c1. The summed E-state index contributed by atoms with van der Waals surface area (Å²) in [6, 6.07) is 5.69. The molecule has 1 fully saturated rings. The van der Waals surface area contributed by atoms with E-state index in [-0.39, 0.29) is 39.1 Å². The van der Waals surface area contributed by atoms with Crippen molar-refractivity contribution in [2.24, 2.45) is 5.92 Å². The number of ether oxygens (including phenoxy) is 1. The number of halogens is 2. The normalized spacial score (nSPS) is 14.0. The molecule has 1 aliphatic carbocycles. The highest BCUT2D eigenvalue weighted by Crippen LogP contribution is 2.33. The maximum atomic E-state index is 12.4. The molecule has 2 aromatic rings. The minimum atomic E-state index is -3.70. The molecule has 0 atom stereocenters. The minimum absolute atomic E-state index is 0.0668. The molecule has 0 aliphatic heterocycles. The summed E-state index contributed by atoms with van der Waals surface area (Å²) in [6.07, 6.45) is 1.37. The van der Waals surface area contributed by atoms with Crippen molar-refractivity contribution in [1.82, 2.24) is 0 Å². The molecule has 0 bridgehead atoms. The van der Waals surface area contributed by atoms with Crippen LogP contribution in [0.1, 0.15) is 40.0 Å². The Morgan fingerprint density at radius 1 is 1.08 bits per heavy atom. The molecule has 0 saturated heterocycles. The van der Waals surface area contributed by atoms with Gasteiger partial charge in [0.1, 0.15) is 11.5 Å². The van der Waals surface area contributed by atoms with Crippen LogP contribution in [0.25, 0.3) is 0 Å². The van der Waals surface area contributed by atoms with E-state index in [0.717, 1.165) is 24.5 Å². The van der Waals surface area contributed by atoms with Crippen molar-refractivity contribution >= 4 is 62.0 Å². The van der Waals surface area contributed by atoms with E-state index in [1.165, 1.54) is 19.2 Å². The van der Waals surface area contributed by atoms with Crippen LogP contribution in [0, 0.1) is 16.0 Å². The zero-order valence-electron chi connectivity index (χ0n) is 18.8. The molecule has 192 valence electrons. The average Bonchev–Trinajstić information content (AvgIpc) is 2.79. The molecular formula is C22H19Cl2NO10S. The van der Waals surface area contributed by atoms with Gasteiger partial charge >= 0.3 is 5.97 Å². The quantitative estimate of drug-likeness (QED) is 0.237. The van der Waals surface area contributed by atoms with Gasteiger partial charge in [-0.15, -0.1) is 0 Å². The predicted molar refractivity (Wildman–Crippen MR) is 128 cm³/mol. The Bertz CT molecular complexity index is 1360. The molecule has 0 amide bonds. The van der Waals surface area contributed by atoms with Crippen molar-refractivity contribution in [3.8, 4) is 5.75 Å². The van der Waals surface area contributed by atoms with Crippen LogP contribution in [0.3, 0.4) is 0 Å². The number of Topliss-reactive ketones (excluding diaryl/α,β-unsaturated/α-hetero) is 3. The molecule has 1 aliphatic rings. The van der Waals surface area contributed by atoms with Gasteiger partial charge in [0.05, 0.1) is 32.5 Å². The fourth-order valence-electron chi connectivity index (χ4n) is 3.39. The van der Waals surface area contributed by atoms with Gasteiger partial charge in [-0.2, -0.15) is 0 Å². The number of carboxylic acid groups (broad SMARTS) is 1. The number of hydrogen-bond donors (Lipinski definition) is 1. The Labute approximate surface area is 215 Å². The van der Waals surface area contributed by atoms with Gasteiger partial charge in [-0.1, -0.05) is 23.2 Å². The maximum Gasteiger partial charge on any atom is 0.341 e. The monoisotopic (exact) mass is 559 g/mol. The number of aromatic carboxylic acids is 1. The number of rotatable bonds is 6. The Kier molecular flexibility index (Phi) is 9.30. The topological polar surface area (TPSA) is 175 Å². The van der Waals surface area contributed by atoms with Gasteiger partial charge in [0, 0.05) is 25.2 Å². The zero-order chi connectivity index (χ0) is 27.4. The first-order valence-electron chi connectivity index (χ1n) is 10.0. The van der Waals surface area contributed by atoms with Crippen molar-refractivity contribution in [1.29, 1.82) is 0 Å². The molecule has 1 saturated carbocycles. The summed E-state index contributed by atoms with van der Waals surface area (Å²) in [5, 5.41) is 20.3. The zero-order valence-corrected chi connectivity index (χ0v) is 21.1. The molecule has 0 heterocycles. The van der Waals surface area contributed by atoms with Crippen molar-refractivity contribution in [2.75, 3.05) is 13.4 Å². The maximum absolute atomic E-state index is 12.4. The van der Waals surface area contributed by atoms with E-state index in [9.17, 15) is 37.7 Å². The third-order valence-corrected chi connectivity index (χ3v) is 6.81. The number of ketones is 3. The summed E-state index contributed by atoms with van der Waals surface area (Å²) in [7, 11) is -2.36. The highest BCUT2D eigenvalue weighted by Gasteiger charge is 2.39. The standard InChI is InChI=1S/C14H13NO7S.C8H6Cl2O3/c1-23(21,22)8-5-6-9(10(7-8)15(19)20)14(18)13-11(16)3-2-4-12(13)17;1-13-7-5(10)3-2-4(9)6(7)8(11)12/h5-7,13H,2-4H2,1H3;2-3H,1H3,(H,11,12). The molecule has 0 aromatic heterocycles. The second-order valence-corrected chi connectivity index (χ2v) is 10.4. The summed E-state index contributed by atoms with van der Waals surface area (Å²) in [5.41, 5.74) is -1.28. The lowest BCUT2D eigenvalue weighted by Crippen LogP contribution is -2.35. The first-order chi connectivity index (χ1) is 16.7. The molecule has 1 N–H and O–H groups in total. The lowest BCUT2D eigenvalue weighted by Gasteiger charge is -2.18. The lowest BCUT2D eigenvalue weighted by atomic mass is 9.81. The molecule has 11 nitrogen and oxygen atoms in total. The van der Waals surface area contributed by atoms with Gasteiger partial charge < -0.3 is 9.84 Å². The van der Waals surface area contributed by atoms with Gasteiger partial charge in [0.15, 0.2) is 32.9 Å². The molecule has 2 aromatic carbocycles. The van der Waals surface area contributed by atoms with Gasteiger partial charge in [0.25, 0.3) is 5.69 Å². The number of benzene rings is 2. The smallest absolute Gasteiger partial charge is 0.341 e. The molecule has 36 heavy (non-hydrogen) atoms. The van der Waals surface area contributed by atoms with E-state index in [0.29, 0.717) is 6.42 Å². The van der Waals surface area contributed by atoms with Crippen LogP contribution in [-0.4, -0.2) is 55.1 Å². The fourth-order valence-corrected chi connectivity index (χ4v) is 4.49. The van der Waals surface area contributed by atoms with Crippen LogP contribution >= 0.6 is 23.2 Å². The van der Waals surface area contributed by atoms with Crippen LogP contribution in [0.4, 0.5) is 5.69 Å². The second kappa shape index (κ2) is 11.6. The van der Waals surface area contributed by atoms with Gasteiger partial charge in [-0.25, -0.2) is 13.2 Å². The predicted octanol–water partition coefficient (Wildman–Crippen LogP) is 3.82. The van der Waals surface area contributed by atoms with Crippen molar-refractivity contribution in [3.05, 3.63) is 61.6 Å². The van der Waals surface area contributed by atoms with Crippen LogP contribution in [0.2, 0.25) is 10.0 Å². The largest absolute Gasteiger partial charge is 0.494 e. The van der Waals surface area contributed by atoms with Crippen LogP contribution in [0.15, 0.2) is 35.2 Å². The number of carbonyl (C=O) groups is 4. The number of nitro groups is 1. The summed E-state index contributed by atoms with van der Waals surface area (Å²) in [6.45, 7) is 0. The molecular weight excluding hydrogens is 541 g/mol. The number of nitro benzene ring substituents is 1. The van der Waals surface area contributed by atoms with E-state index in [1.54, 1.807) is 0 Å². The number of carbonyl (C=O) groups excluding carboxylic acids is 3. The number of hydrogen-bond acceptors (Lipinski definition) is 9. The van der Waals surface area contributed by atoms with Crippen molar-refractivity contribution in [2.45, 2.75) is 24.2 Å². The van der Waals surface area contributed by atoms with Crippen LogP contribution < -0.4 is 4.74 Å². The Balaban J connectivity index is 0.000000297. The van der Waals surface area contributed by atoms with Gasteiger partial charge in [-0.05, 0) is 30.7 Å². The van der Waals surface area contributed by atoms with Crippen molar-refractivity contribution in [3.63, 3.8) is 0 Å². The minimum Gasteiger partial charge on any atom is -0.494 e. The fraction of sp³-hybridized carbons (Fsp3) is 0.273. The van der Waals surface area contributed by atoms with E-state index in [2.05, 4.69) is 0 Å². The van der Waals surface area contributed by atoms with Gasteiger partial charge in [-0.3, -0.25) is 24.5 Å². The highest BCUT2D eigenvalue weighted by molar-refractivity contribution is 7.90. The summed E-state index contributed by atoms with van der Waals surface area (Å²) in [4.78, 5) is 56.7. The molecule has 0 spiro atoms. The number of carboxylic acids is 1. The van der Waals surface area contributed by atoms with E-state index >= 15 is 0 Å². The number of methoxy groups -OCH3 is 1. The average molecular weight is 560 g/mol. The molecule has 3 rings (SSSR count). The Morgan fingerprint density at radius 2 is 1.64 bits per heavy atom. The third-order valence-electron chi connectivity index (χ3n) is 5.09. The van der Waals surface area contributed by atoms with Crippen LogP contribution in [-0.2, 0) is 19.4 Å². The van der Waals surface area contributed by atoms with E-state index in [1.807, 2.05) is 0 Å². The Morgan fingerprint density at radius 3 is 2.08 bits per heavy atom. The molecule has 0 radical (unpaired) electrons. The second-order valence-electron chi connectivity index (χ2n) is 7.53. The summed E-state index contributed by atoms with van der Waals surface area (Å²) >= 11 is 11.4. The van der Waals surface area contributed by atoms with E-state index < -0.39 is 55.2 Å². The van der Waals surface area contributed by atoms with E-state index in [4.69, 9.17) is 33.0 Å². The third kappa shape index (κ3) is 6.45. The first-order valence-corrected chi connectivity index (χ1v) is 12.7. The first kappa shape index (κ1) is 28.9. The van der Waals surface area contributed by atoms with Crippen molar-refractivity contribution < 1.29 is 42.4 Å². The summed E-state index contributed by atoms with van der Waals surface area (Å²) < 4.78 is 27.8. The highest BCUT2D eigenvalue weighted by atomic mass is 35.5. The van der Waals surface area contributed by atoms with Gasteiger partial charge in [0.2, 0.25) is 0 Å². The molecule has 14 heteroatoms.